The van der Waals surface area contributed by atoms with Crippen molar-refractivity contribution in [2.45, 2.75) is 18.9 Å². The van der Waals surface area contributed by atoms with Gasteiger partial charge in [-0.3, -0.25) is 9.59 Å². The molecule has 8 heteroatoms. The molecule has 1 aliphatic rings. The van der Waals surface area contributed by atoms with Crippen LogP contribution in [-0.4, -0.2) is 56.8 Å². The van der Waals surface area contributed by atoms with Gasteiger partial charge in [0.1, 0.15) is 11.5 Å². The molecule has 2 atom stereocenters. The lowest BCUT2D eigenvalue weighted by Crippen LogP contribution is -2.56. The largest absolute Gasteiger partial charge is 0.396 e. The number of carbonyl (C=O) groups is 1. The number of amides is 1. The fourth-order valence-electron chi connectivity index (χ4n) is 3.34. The average Bonchev–Trinajstić information content (AvgIpc) is 2.65. The number of likely N-dealkylation sites (tertiary alicyclic amines) is 1. The normalized spacial score (nSPS) is 23.0. The Morgan fingerprint density at radius 1 is 1.38 bits per heavy atom. The third-order valence-electron chi connectivity index (χ3n) is 4.85. The smallest absolute Gasteiger partial charge is 0.273 e. The third-order valence-corrected chi connectivity index (χ3v) is 4.85. The van der Waals surface area contributed by atoms with Crippen LogP contribution in [-0.2, 0) is 6.42 Å². The van der Waals surface area contributed by atoms with Gasteiger partial charge < -0.3 is 20.1 Å². The molecule has 26 heavy (non-hydrogen) atoms. The van der Waals surface area contributed by atoms with Crippen LogP contribution in [0.15, 0.2) is 41.5 Å². The van der Waals surface area contributed by atoms with Crippen molar-refractivity contribution in [2.24, 2.45) is 5.41 Å². The molecule has 2 heterocycles. The Balaban J connectivity index is 1.82. The van der Waals surface area contributed by atoms with E-state index in [1.165, 1.54) is 23.2 Å². The van der Waals surface area contributed by atoms with E-state index in [9.17, 15) is 24.2 Å². The molecule has 7 nitrogen and oxygen atoms in total. The summed E-state index contributed by atoms with van der Waals surface area (Å²) in [5.41, 5.74) is -0.504. The van der Waals surface area contributed by atoms with Crippen molar-refractivity contribution in [3.8, 4) is 0 Å². The number of rotatable bonds is 4. The van der Waals surface area contributed by atoms with Gasteiger partial charge in [0.25, 0.3) is 11.5 Å². The van der Waals surface area contributed by atoms with E-state index < -0.39 is 17.1 Å². The maximum absolute atomic E-state index is 13.1. The molecule has 1 amide bonds. The van der Waals surface area contributed by atoms with Gasteiger partial charge in [0.2, 0.25) is 0 Å². The van der Waals surface area contributed by atoms with Crippen LogP contribution >= 0.6 is 0 Å². The van der Waals surface area contributed by atoms with Crippen LogP contribution in [0.1, 0.15) is 22.5 Å². The van der Waals surface area contributed by atoms with Gasteiger partial charge in [-0.2, -0.15) is 0 Å². The summed E-state index contributed by atoms with van der Waals surface area (Å²) in [6.45, 7) is 0.113. The molecule has 0 unspecified atom stereocenters. The topological polar surface area (TPSA) is 107 Å². The average molecular weight is 361 g/mol. The summed E-state index contributed by atoms with van der Waals surface area (Å²) in [6.07, 6.45) is 2.08. The van der Waals surface area contributed by atoms with Crippen molar-refractivity contribution >= 4 is 5.91 Å². The Labute approximate surface area is 149 Å². The van der Waals surface area contributed by atoms with Crippen LogP contribution in [0.5, 0.6) is 0 Å². The quantitative estimate of drug-likeness (QED) is 0.728. The first kappa shape index (κ1) is 18.2. The van der Waals surface area contributed by atoms with Gasteiger partial charge in [0.15, 0.2) is 0 Å². The maximum atomic E-state index is 13.1. The number of aliphatic hydroxyl groups is 2. The Hall–Kier alpha value is -2.58. The zero-order valence-corrected chi connectivity index (χ0v) is 14.1. The number of aliphatic hydroxyl groups excluding tert-OH is 2. The minimum absolute atomic E-state index is 0.0922. The summed E-state index contributed by atoms with van der Waals surface area (Å²) >= 11 is 0. The molecule has 1 aliphatic heterocycles. The molecule has 1 fully saturated rings. The predicted octanol–water partition coefficient (Wildman–Crippen LogP) is 0.337. The summed E-state index contributed by atoms with van der Waals surface area (Å²) < 4.78 is 13.1. The van der Waals surface area contributed by atoms with Gasteiger partial charge in [0.05, 0.1) is 18.9 Å². The second kappa shape index (κ2) is 7.35. The lowest BCUT2D eigenvalue weighted by Gasteiger charge is -2.45. The molecule has 3 N–H and O–H groups in total. The van der Waals surface area contributed by atoms with Crippen LogP contribution in [0.2, 0.25) is 0 Å². The monoisotopic (exact) mass is 361 g/mol. The Kier molecular flexibility index (Phi) is 5.15. The van der Waals surface area contributed by atoms with Gasteiger partial charge in [0, 0.05) is 24.7 Å². The number of carbonyl (C=O) groups excluding carboxylic acids is 1. The highest BCUT2D eigenvalue weighted by Gasteiger charge is 2.44. The maximum Gasteiger partial charge on any atom is 0.273 e. The van der Waals surface area contributed by atoms with Gasteiger partial charge in [-0.1, -0.05) is 12.1 Å². The number of nitrogens with one attached hydrogen (secondary N) is 1. The van der Waals surface area contributed by atoms with Crippen LogP contribution in [0.25, 0.3) is 0 Å². The molecule has 0 spiro atoms. The van der Waals surface area contributed by atoms with Gasteiger partial charge in [-0.25, -0.2) is 9.37 Å². The molecule has 0 saturated carbocycles. The molecule has 2 aromatic rings. The number of H-pyrrole nitrogens is 1. The van der Waals surface area contributed by atoms with Crippen molar-refractivity contribution < 1.29 is 19.4 Å². The van der Waals surface area contributed by atoms with Crippen LogP contribution in [0.3, 0.4) is 0 Å². The molecule has 1 aromatic heterocycles. The van der Waals surface area contributed by atoms with E-state index >= 15 is 0 Å². The summed E-state index contributed by atoms with van der Waals surface area (Å²) in [5.74, 6) is -0.748. The lowest BCUT2D eigenvalue weighted by molar-refractivity contribution is -0.0669. The number of benzene rings is 1. The minimum atomic E-state index is -0.950. The number of hydrogen-bond acceptors (Lipinski definition) is 5. The molecule has 138 valence electrons. The van der Waals surface area contributed by atoms with Gasteiger partial charge in [-0.15, -0.1) is 0 Å². The van der Waals surface area contributed by atoms with Crippen molar-refractivity contribution in [1.29, 1.82) is 0 Å². The van der Waals surface area contributed by atoms with Gasteiger partial charge in [-0.05, 0) is 30.5 Å². The summed E-state index contributed by atoms with van der Waals surface area (Å²) in [6, 6.07) is 5.85. The van der Waals surface area contributed by atoms with Crippen LogP contribution < -0.4 is 5.56 Å². The fraction of sp³-hybridized carbons (Fsp3) is 0.389. The second-order valence-corrected chi connectivity index (χ2v) is 6.65. The summed E-state index contributed by atoms with van der Waals surface area (Å²) in [4.78, 5) is 31.5. The number of hydrogen-bond donors (Lipinski definition) is 3. The zero-order chi connectivity index (χ0) is 18.7. The van der Waals surface area contributed by atoms with Crippen LogP contribution in [0.4, 0.5) is 4.39 Å². The molecular formula is C18H20FN3O4. The molecule has 0 radical (unpaired) electrons. The first-order valence-corrected chi connectivity index (χ1v) is 8.31. The van der Waals surface area contributed by atoms with E-state index in [1.807, 2.05) is 0 Å². The molecular weight excluding hydrogens is 341 g/mol. The molecule has 0 bridgehead atoms. The first-order valence-electron chi connectivity index (χ1n) is 8.31. The Morgan fingerprint density at radius 3 is 2.73 bits per heavy atom. The predicted molar refractivity (Wildman–Crippen MR) is 91.0 cm³/mol. The van der Waals surface area contributed by atoms with E-state index in [4.69, 9.17) is 0 Å². The highest BCUT2D eigenvalue weighted by Crippen LogP contribution is 2.34. The molecule has 1 aromatic carbocycles. The standard InChI is InChI=1S/C18H20FN3O4/c19-13-3-1-12(2-4-13)7-18(11-23)10-22(6-5-15(18)24)17(26)14-8-21-16(25)9-20-14/h1-4,8-9,15,23-24H,5-7,10-11H2,(H,21,25)/t15-,18-/m0/s1. The number of aromatic nitrogens is 2. The van der Waals surface area contributed by atoms with Crippen molar-refractivity contribution in [3.63, 3.8) is 0 Å². The number of nitrogens with zero attached hydrogens (tertiary/aromatic N) is 2. The fourth-order valence-corrected chi connectivity index (χ4v) is 3.34. The van der Waals surface area contributed by atoms with Crippen LogP contribution in [0, 0.1) is 11.2 Å². The number of halogens is 1. The van der Waals surface area contributed by atoms with Crippen molar-refractivity contribution in [3.05, 3.63) is 64.1 Å². The highest BCUT2D eigenvalue weighted by molar-refractivity contribution is 5.92. The highest BCUT2D eigenvalue weighted by atomic mass is 19.1. The van der Waals surface area contributed by atoms with E-state index in [-0.39, 0.29) is 30.6 Å². The zero-order valence-electron chi connectivity index (χ0n) is 14.1. The lowest BCUT2D eigenvalue weighted by atomic mass is 9.73. The summed E-state index contributed by atoms with van der Waals surface area (Å²) in [7, 11) is 0. The molecule has 1 saturated heterocycles. The first-order chi connectivity index (χ1) is 12.4. The van der Waals surface area contributed by atoms with Crippen molar-refractivity contribution in [1.82, 2.24) is 14.9 Å². The van der Waals surface area contributed by atoms with E-state index in [2.05, 4.69) is 9.97 Å². The Bertz CT molecular complexity index is 819. The second-order valence-electron chi connectivity index (χ2n) is 6.65. The third kappa shape index (κ3) is 3.66. The number of piperidine rings is 1. The van der Waals surface area contributed by atoms with Crippen molar-refractivity contribution in [2.75, 3.05) is 19.7 Å². The van der Waals surface area contributed by atoms with Gasteiger partial charge >= 0.3 is 0 Å². The molecule has 3 rings (SSSR count). The van der Waals surface area contributed by atoms with E-state index in [0.29, 0.717) is 19.4 Å². The van der Waals surface area contributed by atoms with E-state index in [0.717, 1.165) is 11.8 Å². The Morgan fingerprint density at radius 2 is 2.12 bits per heavy atom. The van der Waals surface area contributed by atoms with E-state index in [1.54, 1.807) is 12.1 Å². The SMILES string of the molecule is O=C(c1c[nH]c(=O)cn1)N1CC[C@H](O)[C@@](CO)(Cc2ccc(F)cc2)C1. The molecule has 0 aliphatic carbocycles. The minimum Gasteiger partial charge on any atom is -0.396 e. The number of aromatic amines is 1. The summed E-state index contributed by atoms with van der Waals surface area (Å²) in [5, 5.41) is 20.5.